The number of carboxylic acids is 1. The quantitative estimate of drug-likeness (QED) is 0.788. The number of aromatic nitrogens is 3. The Morgan fingerprint density at radius 3 is 2.72 bits per heavy atom. The Kier molecular flexibility index (Phi) is 4.66. The van der Waals surface area contributed by atoms with Crippen LogP contribution in [-0.2, 0) is 14.4 Å². The van der Waals surface area contributed by atoms with Gasteiger partial charge in [0.25, 0.3) is 5.95 Å². The first-order valence-corrected chi connectivity index (χ1v) is 7.82. The molecule has 0 radical (unpaired) electrons. The summed E-state index contributed by atoms with van der Waals surface area (Å²) in [6.07, 6.45) is -0.487. The highest BCUT2D eigenvalue weighted by molar-refractivity contribution is 6.30. The minimum atomic E-state index is -1.32. The second-order valence-corrected chi connectivity index (χ2v) is 5.88. The molecule has 1 aromatic heterocycles. The van der Waals surface area contributed by atoms with E-state index in [2.05, 4.69) is 20.7 Å². The van der Waals surface area contributed by atoms with E-state index in [-0.39, 0.29) is 36.7 Å². The molecular formula is C15H13ClN5O4-. The number of halogens is 1. The van der Waals surface area contributed by atoms with Gasteiger partial charge in [0.15, 0.2) is 0 Å². The molecule has 1 aliphatic rings. The van der Waals surface area contributed by atoms with Crippen LogP contribution < -0.4 is 15.7 Å². The number of fused-ring (bicyclic) bond motifs is 1. The lowest BCUT2D eigenvalue weighted by atomic mass is 10.0. The molecule has 2 N–H and O–H groups in total. The molecule has 0 unspecified atom stereocenters. The summed E-state index contributed by atoms with van der Waals surface area (Å²) < 4.78 is 1.50. The third-order valence-electron chi connectivity index (χ3n) is 3.62. The van der Waals surface area contributed by atoms with Gasteiger partial charge in [-0.25, -0.2) is 4.68 Å². The molecule has 0 spiro atoms. The number of hydrogen-bond donors (Lipinski definition) is 2. The fourth-order valence-corrected chi connectivity index (χ4v) is 2.59. The van der Waals surface area contributed by atoms with E-state index in [1.807, 2.05) is 0 Å². The van der Waals surface area contributed by atoms with E-state index < -0.39 is 18.3 Å². The van der Waals surface area contributed by atoms with Crippen LogP contribution in [-0.4, -0.2) is 32.5 Å². The summed E-state index contributed by atoms with van der Waals surface area (Å²) in [7, 11) is 0. The van der Waals surface area contributed by atoms with Crippen LogP contribution in [0.3, 0.4) is 0 Å². The molecule has 10 heteroatoms. The van der Waals surface area contributed by atoms with Crippen LogP contribution >= 0.6 is 11.6 Å². The molecule has 2 heterocycles. The van der Waals surface area contributed by atoms with Gasteiger partial charge in [-0.2, -0.15) is 4.98 Å². The fourth-order valence-electron chi connectivity index (χ4n) is 2.46. The van der Waals surface area contributed by atoms with Crippen LogP contribution in [0.4, 0.5) is 11.9 Å². The normalized spacial score (nSPS) is 16.0. The van der Waals surface area contributed by atoms with Crippen LogP contribution in [0.5, 0.6) is 0 Å². The maximum atomic E-state index is 11.9. The minimum Gasteiger partial charge on any atom is -0.550 e. The van der Waals surface area contributed by atoms with Crippen LogP contribution in [0, 0.1) is 0 Å². The first-order chi connectivity index (χ1) is 11.9. The van der Waals surface area contributed by atoms with Gasteiger partial charge in [0, 0.05) is 17.4 Å². The Labute approximate surface area is 147 Å². The Bertz CT molecular complexity index is 833. The average molecular weight is 363 g/mol. The molecule has 0 aliphatic carbocycles. The van der Waals surface area contributed by atoms with E-state index in [0.29, 0.717) is 5.02 Å². The van der Waals surface area contributed by atoms with Crippen molar-refractivity contribution in [3.05, 3.63) is 34.9 Å². The lowest BCUT2D eigenvalue weighted by Gasteiger charge is -2.23. The highest BCUT2D eigenvalue weighted by Crippen LogP contribution is 2.30. The number of carbonyl (C=O) groups excluding carboxylic acids is 3. The molecule has 1 aliphatic heterocycles. The fraction of sp³-hybridized carbons (Fsp3) is 0.267. The van der Waals surface area contributed by atoms with Gasteiger partial charge in [0.1, 0.15) is 0 Å². The first-order valence-electron chi connectivity index (χ1n) is 7.44. The summed E-state index contributed by atoms with van der Waals surface area (Å²) in [6.45, 7) is 0. The van der Waals surface area contributed by atoms with Crippen molar-refractivity contribution >= 4 is 41.3 Å². The van der Waals surface area contributed by atoms with Crippen molar-refractivity contribution in [2.45, 2.75) is 25.3 Å². The molecule has 9 nitrogen and oxygen atoms in total. The number of amides is 2. The standard InChI is InChI=1S/C15H14ClN5O4/c16-9-3-1-8(2-4-9)10-7-12(23)18-15-19-14(20-21(10)15)17-11(22)5-6-13(24)25/h1-4,10H,5-7H2,(H,24,25)(H2,17,18,19,20,22,23)/p-1/t10-/m0/s1. The van der Waals surface area contributed by atoms with Gasteiger partial charge in [0.2, 0.25) is 17.8 Å². The molecule has 1 aromatic carbocycles. The van der Waals surface area contributed by atoms with Gasteiger partial charge in [0.05, 0.1) is 12.5 Å². The van der Waals surface area contributed by atoms with E-state index >= 15 is 0 Å². The molecule has 130 valence electrons. The molecule has 0 bridgehead atoms. The number of carboxylic acid groups (broad SMARTS) is 1. The molecule has 2 amide bonds. The summed E-state index contributed by atoms with van der Waals surface area (Å²) in [5.41, 5.74) is 0.820. The average Bonchev–Trinajstić information content (AvgIpc) is 2.95. The second-order valence-electron chi connectivity index (χ2n) is 5.44. The Morgan fingerprint density at radius 2 is 2.04 bits per heavy atom. The van der Waals surface area contributed by atoms with Crippen molar-refractivity contribution in [1.29, 1.82) is 0 Å². The van der Waals surface area contributed by atoms with Crippen molar-refractivity contribution in [2.75, 3.05) is 10.6 Å². The summed E-state index contributed by atoms with van der Waals surface area (Å²) in [6, 6.07) is 6.61. The van der Waals surface area contributed by atoms with E-state index in [1.54, 1.807) is 24.3 Å². The van der Waals surface area contributed by atoms with Gasteiger partial charge in [-0.1, -0.05) is 23.7 Å². The summed E-state index contributed by atoms with van der Waals surface area (Å²) in [4.78, 5) is 38.0. The number of nitrogens with one attached hydrogen (secondary N) is 2. The number of aliphatic carboxylic acids is 1. The predicted molar refractivity (Wildman–Crippen MR) is 85.7 cm³/mol. The number of anilines is 2. The zero-order valence-electron chi connectivity index (χ0n) is 12.9. The smallest absolute Gasteiger partial charge is 0.250 e. The van der Waals surface area contributed by atoms with Crippen molar-refractivity contribution < 1.29 is 19.5 Å². The van der Waals surface area contributed by atoms with Crippen molar-refractivity contribution in [2.24, 2.45) is 0 Å². The number of rotatable bonds is 5. The number of hydrogen-bond acceptors (Lipinski definition) is 6. The third kappa shape index (κ3) is 3.94. The maximum Gasteiger partial charge on any atom is 0.250 e. The predicted octanol–water partition coefficient (Wildman–Crippen LogP) is 0.332. The van der Waals surface area contributed by atoms with E-state index in [1.165, 1.54) is 4.68 Å². The Morgan fingerprint density at radius 1 is 1.32 bits per heavy atom. The van der Waals surface area contributed by atoms with Gasteiger partial charge in [-0.15, -0.1) is 5.10 Å². The number of nitrogens with zero attached hydrogens (tertiary/aromatic N) is 3. The highest BCUT2D eigenvalue weighted by atomic mass is 35.5. The van der Waals surface area contributed by atoms with E-state index in [0.717, 1.165) is 5.56 Å². The van der Waals surface area contributed by atoms with Gasteiger partial charge < -0.3 is 9.90 Å². The largest absolute Gasteiger partial charge is 0.550 e. The lowest BCUT2D eigenvalue weighted by Crippen LogP contribution is -2.29. The van der Waals surface area contributed by atoms with Gasteiger partial charge in [-0.3, -0.25) is 20.2 Å². The number of benzene rings is 1. The molecule has 1 atom stereocenters. The summed E-state index contributed by atoms with van der Waals surface area (Å²) in [5, 5.41) is 20.1. The molecule has 2 aromatic rings. The molecule has 0 saturated heterocycles. The van der Waals surface area contributed by atoms with Crippen LogP contribution in [0.25, 0.3) is 0 Å². The molecule has 0 saturated carbocycles. The highest BCUT2D eigenvalue weighted by Gasteiger charge is 2.29. The topological polar surface area (TPSA) is 129 Å². The zero-order valence-corrected chi connectivity index (χ0v) is 13.6. The second kappa shape index (κ2) is 6.89. The van der Waals surface area contributed by atoms with E-state index in [4.69, 9.17) is 11.6 Å². The lowest BCUT2D eigenvalue weighted by molar-refractivity contribution is -0.305. The number of carbonyl (C=O) groups is 3. The van der Waals surface area contributed by atoms with Crippen molar-refractivity contribution in [3.8, 4) is 0 Å². The molecule has 25 heavy (non-hydrogen) atoms. The molecule has 0 fully saturated rings. The van der Waals surface area contributed by atoms with Crippen LogP contribution in [0.1, 0.15) is 30.9 Å². The third-order valence-corrected chi connectivity index (χ3v) is 3.87. The SMILES string of the molecule is O=C([O-])CCC(=O)Nc1nc2n(n1)[C@H](c1ccc(Cl)cc1)CC(=O)N2. The van der Waals surface area contributed by atoms with Crippen LogP contribution in [0.15, 0.2) is 24.3 Å². The Hall–Kier alpha value is -2.94. The molecular weight excluding hydrogens is 350 g/mol. The van der Waals surface area contributed by atoms with E-state index in [9.17, 15) is 19.5 Å². The molecule has 3 rings (SSSR count). The van der Waals surface area contributed by atoms with Gasteiger partial charge in [-0.05, 0) is 24.1 Å². The maximum absolute atomic E-state index is 11.9. The minimum absolute atomic E-state index is 0.0143. The van der Waals surface area contributed by atoms with Crippen LogP contribution in [0.2, 0.25) is 5.02 Å². The van der Waals surface area contributed by atoms with Gasteiger partial charge >= 0.3 is 0 Å². The van der Waals surface area contributed by atoms with Crippen molar-refractivity contribution in [3.63, 3.8) is 0 Å². The summed E-state index contributed by atoms with van der Waals surface area (Å²) >= 11 is 5.89. The first kappa shape index (κ1) is 16.9. The zero-order chi connectivity index (χ0) is 18.0. The van der Waals surface area contributed by atoms with Crippen molar-refractivity contribution in [1.82, 2.24) is 14.8 Å². The monoisotopic (exact) mass is 362 g/mol. The Balaban J connectivity index is 1.82. The summed E-state index contributed by atoms with van der Waals surface area (Å²) in [5.74, 6) is -1.91.